The highest BCUT2D eigenvalue weighted by Gasteiger charge is 1.97. The number of hydrogen-bond acceptors (Lipinski definition) is 3. The molecule has 0 atom stereocenters. The van der Waals surface area contributed by atoms with Gasteiger partial charge in [0.05, 0.1) is 0 Å². The average molecular weight is 236 g/mol. The number of nitrogens with two attached hydrogens (primary N) is 1. The first-order valence-corrected chi connectivity index (χ1v) is 6.41. The quantitative estimate of drug-likeness (QED) is 0.538. The minimum absolute atomic E-state index is 0.803. The zero-order valence-electron chi connectivity index (χ0n) is 11.0. The van der Waals surface area contributed by atoms with Crippen LogP contribution in [0.4, 0.5) is 11.4 Å². The Morgan fingerprint density at radius 3 is 2.76 bits per heavy atom. The molecule has 0 aliphatic rings. The number of rotatable bonds is 8. The summed E-state index contributed by atoms with van der Waals surface area (Å²) in [7, 11) is 0. The van der Waals surface area contributed by atoms with Gasteiger partial charge in [-0.1, -0.05) is 19.4 Å². The molecule has 0 spiro atoms. The van der Waals surface area contributed by atoms with Crippen LogP contribution in [0.15, 0.2) is 18.2 Å². The maximum Gasteiger partial charge on any atom is 0.0482 e. The van der Waals surface area contributed by atoms with Crippen molar-refractivity contribution in [3.8, 4) is 0 Å². The maximum absolute atomic E-state index is 5.75. The van der Waals surface area contributed by atoms with Crippen LogP contribution in [0.5, 0.6) is 0 Å². The van der Waals surface area contributed by atoms with Gasteiger partial charge in [-0.3, -0.25) is 0 Å². The number of unbranched alkanes of at least 4 members (excludes halogenated alkanes) is 1. The molecule has 0 fully saturated rings. The lowest BCUT2D eigenvalue weighted by Crippen LogP contribution is -2.07. The second kappa shape index (κ2) is 7.96. The van der Waals surface area contributed by atoms with Crippen LogP contribution in [-0.2, 0) is 4.74 Å². The molecule has 0 bridgehead atoms. The zero-order chi connectivity index (χ0) is 12.5. The molecule has 3 N–H and O–H groups in total. The summed E-state index contributed by atoms with van der Waals surface area (Å²) >= 11 is 0. The van der Waals surface area contributed by atoms with Crippen molar-refractivity contribution in [1.82, 2.24) is 0 Å². The van der Waals surface area contributed by atoms with Crippen LogP contribution in [0.3, 0.4) is 0 Å². The van der Waals surface area contributed by atoms with Crippen LogP contribution in [0, 0.1) is 6.92 Å². The Labute approximate surface area is 104 Å². The summed E-state index contributed by atoms with van der Waals surface area (Å²) in [5.74, 6) is 0. The van der Waals surface area contributed by atoms with Gasteiger partial charge in [-0.25, -0.2) is 0 Å². The van der Waals surface area contributed by atoms with E-state index in [-0.39, 0.29) is 0 Å². The van der Waals surface area contributed by atoms with Crippen molar-refractivity contribution in [2.75, 3.05) is 30.8 Å². The molecule has 96 valence electrons. The molecule has 17 heavy (non-hydrogen) atoms. The Kier molecular flexibility index (Phi) is 6.48. The minimum Gasteiger partial charge on any atom is -0.399 e. The standard InChI is InChI=1S/C14H24N2O/c1-3-4-9-17-10-5-8-16-14-11-13(15)7-6-12(14)2/h6-7,11,16H,3-5,8-10,15H2,1-2H3. The van der Waals surface area contributed by atoms with E-state index in [1.807, 2.05) is 18.2 Å². The van der Waals surface area contributed by atoms with Crippen molar-refractivity contribution in [3.63, 3.8) is 0 Å². The molecule has 0 unspecified atom stereocenters. The number of nitrogen functional groups attached to an aromatic ring is 1. The second-order valence-electron chi connectivity index (χ2n) is 4.32. The Bertz CT molecular complexity index is 326. The molecule has 0 saturated heterocycles. The van der Waals surface area contributed by atoms with E-state index in [1.54, 1.807) is 0 Å². The smallest absolute Gasteiger partial charge is 0.0482 e. The van der Waals surface area contributed by atoms with Crippen molar-refractivity contribution >= 4 is 11.4 Å². The first-order chi connectivity index (χ1) is 8.24. The lowest BCUT2D eigenvalue weighted by Gasteiger charge is -2.10. The molecule has 0 aromatic heterocycles. The predicted molar refractivity (Wildman–Crippen MR) is 74.4 cm³/mol. The highest BCUT2D eigenvalue weighted by atomic mass is 16.5. The fourth-order valence-corrected chi connectivity index (χ4v) is 1.58. The average Bonchev–Trinajstić information content (AvgIpc) is 2.32. The normalized spacial score (nSPS) is 10.5. The summed E-state index contributed by atoms with van der Waals surface area (Å²) < 4.78 is 5.50. The third kappa shape index (κ3) is 5.59. The predicted octanol–water partition coefficient (Wildman–Crippen LogP) is 3.20. The lowest BCUT2D eigenvalue weighted by molar-refractivity contribution is 0.131. The molecule has 0 heterocycles. The van der Waals surface area contributed by atoms with Gasteiger partial charge in [-0.05, 0) is 37.5 Å². The Balaban J connectivity index is 2.15. The van der Waals surface area contributed by atoms with Crippen LogP contribution in [0.2, 0.25) is 0 Å². The highest BCUT2D eigenvalue weighted by Crippen LogP contribution is 2.17. The van der Waals surface area contributed by atoms with Crippen LogP contribution in [0.25, 0.3) is 0 Å². The number of aryl methyl sites for hydroxylation is 1. The van der Waals surface area contributed by atoms with Crippen molar-refractivity contribution in [1.29, 1.82) is 0 Å². The van der Waals surface area contributed by atoms with E-state index in [0.29, 0.717) is 0 Å². The topological polar surface area (TPSA) is 47.3 Å². The molecule has 0 aliphatic carbocycles. The summed E-state index contributed by atoms with van der Waals surface area (Å²) in [6.07, 6.45) is 3.38. The van der Waals surface area contributed by atoms with Crippen molar-refractivity contribution in [3.05, 3.63) is 23.8 Å². The molecule has 3 heteroatoms. The van der Waals surface area contributed by atoms with E-state index in [0.717, 1.165) is 44.0 Å². The zero-order valence-corrected chi connectivity index (χ0v) is 11.0. The monoisotopic (exact) mass is 236 g/mol. The largest absolute Gasteiger partial charge is 0.399 e. The fourth-order valence-electron chi connectivity index (χ4n) is 1.58. The van der Waals surface area contributed by atoms with Gasteiger partial charge in [0.2, 0.25) is 0 Å². The summed E-state index contributed by atoms with van der Waals surface area (Å²) in [5, 5.41) is 3.38. The van der Waals surface area contributed by atoms with Gasteiger partial charge < -0.3 is 15.8 Å². The van der Waals surface area contributed by atoms with E-state index in [9.17, 15) is 0 Å². The Hall–Kier alpha value is -1.22. The molecule has 0 aliphatic heterocycles. The van der Waals surface area contributed by atoms with E-state index < -0.39 is 0 Å². The van der Waals surface area contributed by atoms with Gasteiger partial charge >= 0.3 is 0 Å². The fraction of sp³-hybridized carbons (Fsp3) is 0.571. The summed E-state index contributed by atoms with van der Waals surface area (Å²) in [6, 6.07) is 5.94. The van der Waals surface area contributed by atoms with E-state index in [1.165, 1.54) is 12.0 Å². The molecule has 3 nitrogen and oxygen atoms in total. The molecule has 0 radical (unpaired) electrons. The molecule has 0 saturated carbocycles. The molecule has 1 aromatic rings. The van der Waals surface area contributed by atoms with Crippen LogP contribution >= 0.6 is 0 Å². The van der Waals surface area contributed by atoms with Gasteiger partial charge in [-0.15, -0.1) is 0 Å². The molecular formula is C14H24N2O. The molecular weight excluding hydrogens is 212 g/mol. The van der Waals surface area contributed by atoms with Crippen LogP contribution in [-0.4, -0.2) is 19.8 Å². The Morgan fingerprint density at radius 1 is 1.24 bits per heavy atom. The van der Waals surface area contributed by atoms with Crippen LogP contribution in [0.1, 0.15) is 31.7 Å². The van der Waals surface area contributed by atoms with E-state index >= 15 is 0 Å². The van der Waals surface area contributed by atoms with Crippen molar-refractivity contribution < 1.29 is 4.74 Å². The number of hydrogen-bond donors (Lipinski definition) is 2. The van der Waals surface area contributed by atoms with E-state index in [4.69, 9.17) is 10.5 Å². The molecule has 0 amide bonds. The number of nitrogens with one attached hydrogen (secondary N) is 1. The second-order valence-corrected chi connectivity index (χ2v) is 4.32. The van der Waals surface area contributed by atoms with Gasteiger partial charge in [-0.2, -0.15) is 0 Å². The van der Waals surface area contributed by atoms with Gasteiger partial charge in [0.1, 0.15) is 0 Å². The minimum atomic E-state index is 0.803. The summed E-state index contributed by atoms with van der Waals surface area (Å²) in [4.78, 5) is 0. The first kappa shape index (κ1) is 13.8. The number of ether oxygens (including phenoxy) is 1. The van der Waals surface area contributed by atoms with Gasteiger partial charge in [0.15, 0.2) is 0 Å². The number of anilines is 2. The third-order valence-corrected chi connectivity index (χ3v) is 2.68. The SMILES string of the molecule is CCCCOCCCNc1cc(N)ccc1C. The van der Waals surface area contributed by atoms with Crippen LogP contribution < -0.4 is 11.1 Å². The highest BCUT2D eigenvalue weighted by molar-refractivity contribution is 5.59. The van der Waals surface area contributed by atoms with E-state index in [2.05, 4.69) is 19.2 Å². The Morgan fingerprint density at radius 2 is 2.00 bits per heavy atom. The lowest BCUT2D eigenvalue weighted by atomic mass is 10.2. The summed E-state index contributed by atoms with van der Waals surface area (Å²) in [5.41, 5.74) is 8.90. The van der Waals surface area contributed by atoms with Crippen molar-refractivity contribution in [2.24, 2.45) is 0 Å². The summed E-state index contributed by atoms with van der Waals surface area (Å²) in [6.45, 7) is 6.89. The molecule has 1 aromatic carbocycles. The third-order valence-electron chi connectivity index (χ3n) is 2.68. The maximum atomic E-state index is 5.75. The molecule has 1 rings (SSSR count). The first-order valence-electron chi connectivity index (χ1n) is 6.41. The van der Waals surface area contributed by atoms with Gasteiger partial charge in [0, 0.05) is 31.1 Å². The van der Waals surface area contributed by atoms with Gasteiger partial charge in [0.25, 0.3) is 0 Å². The number of benzene rings is 1. The van der Waals surface area contributed by atoms with Crippen molar-refractivity contribution in [2.45, 2.75) is 33.1 Å².